The first-order valence-corrected chi connectivity index (χ1v) is 5.51. The maximum atomic E-state index is 11.8. The van der Waals surface area contributed by atoms with Crippen LogP contribution in [0.5, 0.6) is 0 Å². The first-order chi connectivity index (χ1) is 8.21. The number of nitrogens with zero attached hydrogens (tertiary/aromatic N) is 1. The quantitative estimate of drug-likeness (QED) is 0.743. The SMILES string of the molecule is COC[C@@H](NC(=O)OC(C)(C)C)C(=O)N(C)OC.[HH]. The zero-order chi connectivity index (χ0) is 14.3. The molecule has 0 aliphatic heterocycles. The van der Waals surface area contributed by atoms with Gasteiger partial charge in [0.1, 0.15) is 11.6 Å². The summed E-state index contributed by atoms with van der Waals surface area (Å²) in [5, 5.41) is 3.45. The second-order valence-electron chi connectivity index (χ2n) is 4.67. The Labute approximate surface area is 109 Å². The summed E-state index contributed by atoms with van der Waals surface area (Å²) in [7, 11) is 4.24. The molecule has 0 aliphatic rings. The smallest absolute Gasteiger partial charge is 0.408 e. The lowest BCUT2D eigenvalue weighted by Gasteiger charge is -2.24. The fourth-order valence-corrected chi connectivity index (χ4v) is 1.10. The van der Waals surface area contributed by atoms with E-state index in [9.17, 15) is 9.59 Å². The lowest BCUT2D eigenvalue weighted by molar-refractivity contribution is -0.172. The Morgan fingerprint density at radius 3 is 2.28 bits per heavy atom. The highest BCUT2D eigenvalue weighted by Gasteiger charge is 2.26. The van der Waals surface area contributed by atoms with Crippen LogP contribution in [-0.2, 0) is 19.1 Å². The highest BCUT2D eigenvalue weighted by Crippen LogP contribution is 2.07. The molecule has 0 aromatic rings. The van der Waals surface area contributed by atoms with E-state index in [4.69, 9.17) is 14.3 Å². The molecule has 0 saturated carbocycles. The van der Waals surface area contributed by atoms with E-state index in [2.05, 4.69) is 5.32 Å². The van der Waals surface area contributed by atoms with E-state index < -0.39 is 23.6 Å². The molecule has 7 heteroatoms. The largest absolute Gasteiger partial charge is 0.444 e. The van der Waals surface area contributed by atoms with Crippen molar-refractivity contribution in [1.29, 1.82) is 0 Å². The Bertz CT molecular complexity index is 293. The minimum Gasteiger partial charge on any atom is -0.444 e. The van der Waals surface area contributed by atoms with Crippen LogP contribution in [0.4, 0.5) is 4.79 Å². The third kappa shape index (κ3) is 6.41. The van der Waals surface area contributed by atoms with Crippen molar-refractivity contribution in [2.24, 2.45) is 0 Å². The van der Waals surface area contributed by atoms with Crippen LogP contribution in [0, 0.1) is 0 Å². The standard InChI is InChI=1S/C11H22N2O5.H2/c1-11(2,3)18-10(15)12-8(7-16-5)9(14)13(4)17-6;/h8H,7H2,1-6H3,(H,12,15);1H/t8-;/m1./s1. The van der Waals surface area contributed by atoms with E-state index in [1.807, 2.05) is 0 Å². The van der Waals surface area contributed by atoms with E-state index in [0.29, 0.717) is 0 Å². The van der Waals surface area contributed by atoms with E-state index in [1.165, 1.54) is 21.3 Å². The molecule has 1 atom stereocenters. The number of ether oxygens (including phenoxy) is 2. The minimum atomic E-state index is -0.852. The number of rotatable bonds is 5. The van der Waals surface area contributed by atoms with E-state index in [0.717, 1.165) is 5.06 Å². The van der Waals surface area contributed by atoms with Crippen molar-refractivity contribution < 1.29 is 25.3 Å². The topological polar surface area (TPSA) is 77.1 Å². The second kappa shape index (κ2) is 7.17. The van der Waals surface area contributed by atoms with Gasteiger partial charge in [-0.25, -0.2) is 9.86 Å². The third-order valence-electron chi connectivity index (χ3n) is 1.91. The zero-order valence-electron chi connectivity index (χ0n) is 11.8. The van der Waals surface area contributed by atoms with Gasteiger partial charge in [0.05, 0.1) is 13.7 Å². The Hall–Kier alpha value is -1.34. The number of carbonyl (C=O) groups excluding carboxylic acids is 2. The highest BCUT2D eigenvalue weighted by atomic mass is 16.7. The molecule has 1 N–H and O–H groups in total. The maximum absolute atomic E-state index is 11.8. The number of hydrogen-bond acceptors (Lipinski definition) is 5. The summed E-state index contributed by atoms with van der Waals surface area (Å²) in [5.41, 5.74) is -0.627. The van der Waals surface area contributed by atoms with Crippen LogP contribution < -0.4 is 5.32 Å². The van der Waals surface area contributed by atoms with E-state index in [1.54, 1.807) is 20.8 Å². The van der Waals surface area contributed by atoms with Gasteiger partial charge in [0, 0.05) is 15.6 Å². The van der Waals surface area contributed by atoms with Gasteiger partial charge in [-0.15, -0.1) is 0 Å². The van der Waals surface area contributed by atoms with Crippen molar-refractivity contribution >= 4 is 12.0 Å². The average Bonchev–Trinajstić information content (AvgIpc) is 2.23. The summed E-state index contributed by atoms with van der Waals surface area (Å²) in [5.74, 6) is -0.426. The minimum absolute atomic E-state index is 0. The molecule has 0 fully saturated rings. The van der Waals surface area contributed by atoms with Crippen molar-refractivity contribution in [3.8, 4) is 0 Å². The number of hydroxylamine groups is 2. The Kier molecular flexibility index (Phi) is 6.64. The molecule has 0 aliphatic carbocycles. The van der Waals surface area contributed by atoms with Crippen LogP contribution in [0.1, 0.15) is 22.2 Å². The van der Waals surface area contributed by atoms with Gasteiger partial charge in [-0.2, -0.15) is 0 Å². The normalized spacial score (nSPS) is 12.8. The predicted octanol–water partition coefficient (Wildman–Crippen LogP) is 0.792. The zero-order valence-corrected chi connectivity index (χ0v) is 11.8. The monoisotopic (exact) mass is 264 g/mol. The van der Waals surface area contributed by atoms with E-state index in [-0.39, 0.29) is 8.03 Å². The average molecular weight is 264 g/mol. The molecule has 108 valence electrons. The highest BCUT2D eigenvalue weighted by molar-refractivity contribution is 5.85. The van der Waals surface area contributed by atoms with Crippen LogP contribution in [0.25, 0.3) is 0 Å². The molecule has 0 bridgehead atoms. The van der Waals surface area contributed by atoms with Crippen LogP contribution in [0.15, 0.2) is 0 Å². The van der Waals surface area contributed by atoms with Gasteiger partial charge in [-0.1, -0.05) is 0 Å². The van der Waals surface area contributed by atoms with Gasteiger partial charge in [-0.05, 0) is 20.8 Å². The van der Waals surface area contributed by atoms with Gasteiger partial charge >= 0.3 is 6.09 Å². The first kappa shape index (κ1) is 16.7. The van der Waals surface area contributed by atoms with Gasteiger partial charge in [0.2, 0.25) is 0 Å². The van der Waals surface area contributed by atoms with Crippen molar-refractivity contribution in [1.82, 2.24) is 10.4 Å². The summed E-state index contributed by atoms with van der Waals surface area (Å²) in [4.78, 5) is 28.1. The van der Waals surface area contributed by atoms with Crippen LogP contribution in [0.2, 0.25) is 0 Å². The van der Waals surface area contributed by atoms with Gasteiger partial charge in [-0.3, -0.25) is 9.63 Å². The summed E-state index contributed by atoms with van der Waals surface area (Å²) in [6, 6.07) is -0.852. The number of methoxy groups -OCH3 is 1. The first-order valence-electron chi connectivity index (χ1n) is 5.51. The molecule has 0 radical (unpaired) electrons. The van der Waals surface area contributed by atoms with Gasteiger partial charge < -0.3 is 14.8 Å². The number of alkyl carbamates (subject to hydrolysis) is 1. The molecular weight excluding hydrogens is 240 g/mol. The Morgan fingerprint density at radius 2 is 1.89 bits per heavy atom. The summed E-state index contributed by atoms with van der Waals surface area (Å²) in [6.07, 6.45) is -0.678. The predicted molar refractivity (Wildman–Crippen MR) is 66.9 cm³/mol. The van der Waals surface area contributed by atoms with E-state index >= 15 is 0 Å². The molecule has 0 aromatic heterocycles. The van der Waals surface area contributed by atoms with Crippen molar-refractivity contribution in [2.75, 3.05) is 27.9 Å². The number of amides is 2. The molecular formula is C11H24N2O5. The fourth-order valence-electron chi connectivity index (χ4n) is 1.10. The summed E-state index contributed by atoms with van der Waals surface area (Å²) >= 11 is 0. The molecule has 2 amide bonds. The Morgan fingerprint density at radius 1 is 1.33 bits per heavy atom. The second-order valence-corrected chi connectivity index (χ2v) is 4.67. The number of nitrogens with one attached hydrogen (secondary N) is 1. The van der Waals surface area contributed by atoms with Crippen molar-refractivity contribution in [3.63, 3.8) is 0 Å². The van der Waals surface area contributed by atoms with Gasteiger partial charge in [0.25, 0.3) is 5.91 Å². The molecule has 0 aromatic carbocycles. The molecule has 18 heavy (non-hydrogen) atoms. The Balaban J connectivity index is 0. The van der Waals surface area contributed by atoms with Crippen LogP contribution in [-0.4, -0.2) is 56.6 Å². The van der Waals surface area contributed by atoms with Crippen molar-refractivity contribution in [3.05, 3.63) is 0 Å². The van der Waals surface area contributed by atoms with Crippen molar-refractivity contribution in [2.45, 2.75) is 32.4 Å². The number of likely N-dealkylation sites (N-methyl/N-ethyl adjacent to an activating group) is 1. The molecule has 7 nitrogen and oxygen atoms in total. The molecule has 0 heterocycles. The lowest BCUT2D eigenvalue weighted by atomic mass is 10.2. The third-order valence-corrected chi connectivity index (χ3v) is 1.91. The number of hydrogen-bond donors (Lipinski definition) is 1. The number of carbonyl (C=O) groups is 2. The fraction of sp³-hybridized carbons (Fsp3) is 0.818. The molecule has 0 unspecified atom stereocenters. The lowest BCUT2D eigenvalue weighted by Crippen LogP contribution is -2.50. The molecule has 0 saturated heterocycles. The maximum Gasteiger partial charge on any atom is 0.408 e. The van der Waals surface area contributed by atoms with Gasteiger partial charge in [0.15, 0.2) is 0 Å². The van der Waals surface area contributed by atoms with Crippen LogP contribution >= 0.6 is 0 Å². The summed E-state index contributed by atoms with van der Waals surface area (Å²) < 4.78 is 9.94. The molecule has 0 rings (SSSR count). The summed E-state index contributed by atoms with van der Waals surface area (Å²) in [6.45, 7) is 5.24. The van der Waals surface area contributed by atoms with Crippen LogP contribution in [0.3, 0.4) is 0 Å². The molecule has 0 spiro atoms.